The fourth-order valence-corrected chi connectivity index (χ4v) is 7.32. The van der Waals surface area contributed by atoms with E-state index in [1.807, 2.05) is 86.6 Å². The van der Waals surface area contributed by atoms with Crippen LogP contribution in [0.3, 0.4) is 0 Å². The summed E-state index contributed by atoms with van der Waals surface area (Å²) in [4.78, 5) is 56.6. The van der Waals surface area contributed by atoms with Crippen LogP contribution in [0.15, 0.2) is 48.7 Å². The molecule has 5 rings (SSSR count). The first-order valence-electron chi connectivity index (χ1n) is 21.8. The third-order valence-corrected chi connectivity index (χ3v) is 10.1. The minimum absolute atomic E-state index is 0.185. The summed E-state index contributed by atoms with van der Waals surface area (Å²) in [7, 11) is 1.61. The summed E-state index contributed by atoms with van der Waals surface area (Å²) in [6.45, 7) is 25.0. The van der Waals surface area contributed by atoms with E-state index in [2.05, 4.69) is 43.2 Å². The maximum Gasteiger partial charge on any atom is 0.410 e. The predicted molar refractivity (Wildman–Crippen MR) is 239 cm³/mol. The number of hydrogen-bond acceptors (Lipinski definition) is 13. The van der Waals surface area contributed by atoms with E-state index in [1.165, 1.54) is 11.3 Å². The maximum atomic E-state index is 13.5. The number of anilines is 1. The number of nitrogens with zero attached hydrogens (tertiary/aromatic N) is 6. The molecular weight excluding hydrogens is 791 g/mol. The molecule has 1 aromatic heterocycles. The van der Waals surface area contributed by atoms with Gasteiger partial charge >= 0.3 is 18.2 Å². The van der Waals surface area contributed by atoms with Gasteiger partial charge in [-0.1, -0.05) is 12.1 Å². The largest absolute Gasteiger partial charge is 0.496 e. The highest BCUT2D eigenvalue weighted by Crippen LogP contribution is 2.29. The zero-order valence-electron chi connectivity index (χ0n) is 38.7. The van der Waals surface area contributed by atoms with Crippen molar-refractivity contribution in [2.24, 2.45) is 0 Å². The number of benzene rings is 2. The quantitative estimate of drug-likeness (QED) is 0.0984. The molecule has 0 radical (unpaired) electrons. The summed E-state index contributed by atoms with van der Waals surface area (Å²) in [6.07, 6.45) is 1.84. The van der Waals surface area contributed by atoms with E-state index in [4.69, 9.17) is 28.7 Å². The summed E-state index contributed by atoms with van der Waals surface area (Å²) in [5, 5.41) is 2.77. The molecule has 340 valence electrons. The van der Waals surface area contributed by atoms with Crippen molar-refractivity contribution in [3.63, 3.8) is 0 Å². The van der Waals surface area contributed by atoms with Crippen molar-refractivity contribution in [2.45, 2.75) is 105 Å². The van der Waals surface area contributed by atoms with Gasteiger partial charge in [-0.15, -0.1) is 0 Å². The number of hydrogen-bond donors (Lipinski definition) is 1. The van der Waals surface area contributed by atoms with Crippen molar-refractivity contribution in [2.75, 3.05) is 84.1 Å². The monoisotopic (exact) mass is 860 g/mol. The molecule has 2 aromatic carbocycles. The molecule has 62 heavy (non-hydrogen) atoms. The Kier molecular flexibility index (Phi) is 16.6. The molecule has 0 aliphatic carbocycles. The first-order valence-corrected chi connectivity index (χ1v) is 21.8. The average Bonchev–Trinajstić information content (AvgIpc) is 3.18. The molecule has 2 aliphatic heterocycles. The molecule has 0 saturated carbocycles. The Morgan fingerprint density at radius 1 is 0.790 bits per heavy atom. The summed E-state index contributed by atoms with van der Waals surface area (Å²) in [6, 6.07) is 14.4. The minimum atomic E-state index is -0.697. The second-order valence-electron chi connectivity index (χ2n) is 18.9. The molecule has 0 unspecified atom stereocenters. The van der Waals surface area contributed by atoms with Crippen LogP contribution in [-0.4, -0.2) is 139 Å². The van der Waals surface area contributed by atoms with Crippen LogP contribution in [0.4, 0.5) is 15.3 Å². The van der Waals surface area contributed by atoms with Gasteiger partial charge in [0.15, 0.2) is 0 Å². The molecule has 2 aliphatic rings. The Balaban J connectivity index is 1.30. The normalized spacial score (nSPS) is 15.5. The molecule has 0 bridgehead atoms. The minimum Gasteiger partial charge on any atom is -0.496 e. The van der Waals surface area contributed by atoms with Crippen LogP contribution in [0.1, 0.15) is 91.2 Å². The van der Waals surface area contributed by atoms with Crippen LogP contribution in [0.2, 0.25) is 0 Å². The van der Waals surface area contributed by atoms with Gasteiger partial charge in [-0.3, -0.25) is 14.6 Å². The van der Waals surface area contributed by atoms with Crippen LogP contribution in [0.5, 0.6) is 5.75 Å². The zero-order chi connectivity index (χ0) is 45.1. The molecule has 2 saturated heterocycles. The molecule has 2 amide bonds. The fourth-order valence-electron chi connectivity index (χ4n) is 7.32. The summed E-state index contributed by atoms with van der Waals surface area (Å²) in [5.41, 5.74) is 4.16. The Labute approximate surface area is 368 Å². The first-order chi connectivity index (χ1) is 29.2. The topological polar surface area (TPSA) is 148 Å². The summed E-state index contributed by atoms with van der Waals surface area (Å²) >= 11 is 0. The standard InChI is InChI=1S/C47H69N7O8/c1-45(2,3)60-42(55)33-52-22-20-51(21-23-52)31-36-28-34(12-14-39(36)53-24-26-59-27-25-53)29-41-48-18-16-38(50-41)35-13-15-40(58-10)37(30-35)32-54(44(57)62-47(7,8)9)19-11-17-49-43(56)61-46(4,5)6/h12-16,18,28,30H,11,17,19-27,29,31-33H2,1-10H3,(H,49,56). The number of morpholine rings is 1. The lowest BCUT2D eigenvalue weighted by atomic mass is 10.0. The number of carbonyl (C=O) groups excluding carboxylic acids is 3. The second kappa shape index (κ2) is 21.4. The molecule has 0 spiro atoms. The third-order valence-electron chi connectivity index (χ3n) is 10.1. The van der Waals surface area contributed by atoms with E-state index in [0.29, 0.717) is 57.3 Å². The Bertz CT molecular complexity index is 1960. The highest BCUT2D eigenvalue weighted by Gasteiger charge is 2.26. The fraction of sp³-hybridized carbons (Fsp3) is 0.596. The van der Waals surface area contributed by atoms with Gasteiger partial charge in [-0.2, -0.15) is 0 Å². The average molecular weight is 860 g/mol. The van der Waals surface area contributed by atoms with Crippen molar-refractivity contribution in [3.05, 3.63) is 71.2 Å². The number of esters is 1. The Morgan fingerprint density at radius 2 is 1.47 bits per heavy atom. The molecule has 1 N–H and O–H groups in total. The van der Waals surface area contributed by atoms with Gasteiger partial charge in [0.25, 0.3) is 0 Å². The SMILES string of the molecule is COc1ccc(-c2ccnc(Cc3ccc(N4CCOCC4)c(CN4CCN(CC(=O)OC(C)(C)C)CC4)c3)n2)cc1CN(CCCNC(=O)OC(C)(C)C)C(=O)OC(C)(C)C. The van der Waals surface area contributed by atoms with Gasteiger partial charge < -0.3 is 38.8 Å². The maximum absolute atomic E-state index is 13.5. The van der Waals surface area contributed by atoms with Crippen molar-refractivity contribution >= 4 is 23.8 Å². The number of aromatic nitrogens is 2. The molecule has 15 heteroatoms. The molecule has 3 heterocycles. The van der Waals surface area contributed by atoms with Crippen molar-refractivity contribution in [1.82, 2.24) is 30.0 Å². The number of ether oxygens (including phenoxy) is 5. The molecule has 3 aromatic rings. The number of carbonyl (C=O) groups is 3. The van der Waals surface area contributed by atoms with E-state index >= 15 is 0 Å². The van der Waals surface area contributed by atoms with E-state index in [1.54, 1.807) is 18.2 Å². The number of alkyl carbamates (subject to hydrolysis) is 1. The van der Waals surface area contributed by atoms with Crippen LogP contribution in [0, 0.1) is 0 Å². The van der Waals surface area contributed by atoms with Gasteiger partial charge in [-0.05, 0) is 110 Å². The first kappa shape index (κ1) is 48.0. The highest BCUT2D eigenvalue weighted by atomic mass is 16.6. The Morgan fingerprint density at radius 3 is 2.13 bits per heavy atom. The zero-order valence-corrected chi connectivity index (χ0v) is 38.7. The number of rotatable bonds is 15. The number of amides is 2. The lowest BCUT2D eigenvalue weighted by Crippen LogP contribution is -2.48. The third kappa shape index (κ3) is 15.7. The molecule has 0 atom stereocenters. The molecule has 15 nitrogen and oxygen atoms in total. The lowest BCUT2D eigenvalue weighted by Gasteiger charge is -2.36. The van der Waals surface area contributed by atoms with Crippen molar-refractivity contribution in [3.8, 4) is 17.0 Å². The Hall–Kier alpha value is -4.99. The van der Waals surface area contributed by atoms with Crippen LogP contribution < -0.4 is 15.0 Å². The van der Waals surface area contributed by atoms with Crippen molar-refractivity contribution < 1.29 is 38.1 Å². The summed E-state index contributed by atoms with van der Waals surface area (Å²) < 4.78 is 28.2. The lowest BCUT2D eigenvalue weighted by molar-refractivity contribution is -0.156. The van der Waals surface area contributed by atoms with Crippen LogP contribution >= 0.6 is 0 Å². The smallest absolute Gasteiger partial charge is 0.410 e. The predicted octanol–water partition coefficient (Wildman–Crippen LogP) is 6.69. The van der Waals surface area contributed by atoms with Gasteiger partial charge in [0, 0.05) is 88.3 Å². The molecule has 2 fully saturated rings. The highest BCUT2D eigenvalue weighted by molar-refractivity contribution is 5.72. The number of nitrogens with one attached hydrogen (secondary N) is 1. The summed E-state index contributed by atoms with van der Waals surface area (Å²) in [5.74, 6) is 1.13. The van der Waals surface area contributed by atoms with Crippen LogP contribution in [-0.2, 0) is 43.3 Å². The van der Waals surface area contributed by atoms with Gasteiger partial charge in [0.2, 0.25) is 0 Å². The van der Waals surface area contributed by atoms with E-state index in [-0.39, 0.29) is 12.5 Å². The van der Waals surface area contributed by atoms with Crippen LogP contribution in [0.25, 0.3) is 11.3 Å². The molecular formula is C47H69N7O8. The van der Waals surface area contributed by atoms with Gasteiger partial charge in [0.05, 0.1) is 39.1 Å². The van der Waals surface area contributed by atoms with E-state index in [0.717, 1.165) is 68.2 Å². The number of methoxy groups -OCH3 is 1. The van der Waals surface area contributed by atoms with E-state index < -0.39 is 29.0 Å². The second-order valence-corrected chi connectivity index (χ2v) is 18.9. The van der Waals surface area contributed by atoms with E-state index in [9.17, 15) is 14.4 Å². The number of piperazine rings is 1. The van der Waals surface area contributed by atoms with Gasteiger partial charge in [0.1, 0.15) is 28.4 Å². The van der Waals surface area contributed by atoms with Gasteiger partial charge in [-0.25, -0.2) is 19.6 Å². The van der Waals surface area contributed by atoms with Crippen molar-refractivity contribution in [1.29, 1.82) is 0 Å².